The van der Waals surface area contributed by atoms with E-state index in [2.05, 4.69) is 11.2 Å². The van der Waals surface area contributed by atoms with Gasteiger partial charge in [0.1, 0.15) is 5.71 Å². The van der Waals surface area contributed by atoms with E-state index in [0.29, 0.717) is 18.8 Å². The molecule has 30 heavy (non-hydrogen) atoms. The average Bonchev–Trinajstić information content (AvgIpc) is 2.79. The van der Waals surface area contributed by atoms with Crippen LogP contribution in [0.4, 0.5) is 5.69 Å². The van der Waals surface area contributed by atoms with Crippen LogP contribution in [0.15, 0.2) is 59.7 Å². The molecule has 2 aliphatic heterocycles. The maximum atomic E-state index is 12.8. The Morgan fingerprint density at radius 1 is 0.967 bits per heavy atom. The minimum Gasteiger partial charge on any atom is -0.448 e. The molecule has 2 aromatic carbocycles. The van der Waals surface area contributed by atoms with E-state index in [4.69, 9.17) is 4.74 Å². The molecule has 154 valence electrons. The number of hydrogen-bond acceptors (Lipinski definition) is 5. The highest BCUT2D eigenvalue weighted by molar-refractivity contribution is 6.38. The van der Waals surface area contributed by atoms with Crippen molar-refractivity contribution in [1.82, 2.24) is 4.90 Å². The van der Waals surface area contributed by atoms with E-state index >= 15 is 0 Å². The molecule has 0 bridgehead atoms. The largest absolute Gasteiger partial charge is 0.448 e. The van der Waals surface area contributed by atoms with E-state index in [0.717, 1.165) is 12.0 Å². The second kappa shape index (κ2) is 8.49. The molecule has 0 aromatic heterocycles. The summed E-state index contributed by atoms with van der Waals surface area (Å²) in [6, 6.07) is 16.9. The molecule has 1 unspecified atom stereocenters. The molecule has 0 radical (unpaired) electrons. The van der Waals surface area contributed by atoms with Crippen molar-refractivity contribution in [3.8, 4) is 0 Å². The van der Waals surface area contributed by atoms with E-state index < -0.39 is 12.1 Å². The minimum absolute atomic E-state index is 0.141. The third kappa shape index (κ3) is 4.10. The maximum Gasteiger partial charge on any atom is 0.355 e. The summed E-state index contributed by atoms with van der Waals surface area (Å²) in [6.07, 6.45) is 0.213. The Balaban J connectivity index is 1.42. The molecule has 7 heteroatoms. The number of esters is 1. The Morgan fingerprint density at radius 3 is 2.43 bits per heavy atom. The van der Waals surface area contributed by atoms with Crippen LogP contribution in [-0.4, -0.2) is 41.0 Å². The van der Waals surface area contributed by atoms with Gasteiger partial charge in [-0.2, -0.15) is 5.10 Å². The van der Waals surface area contributed by atoms with Crippen LogP contribution < -0.4 is 5.01 Å². The summed E-state index contributed by atoms with van der Waals surface area (Å²) in [4.78, 5) is 39.3. The van der Waals surface area contributed by atoms with Crippen molar-refractivity contribution in [1.29, 1.82) is 0 Å². The number of benzene rings is 2. The van der Waals surface area contributed by atoms with Gasteiger partial charge in [-0.3, -0.25) is 9.59 Å². The lowest BCUT2D eigenvalue weighted by molar-refractivity contribution is -0.154. The van der Waals surface area contributed by atoms with Crippen molar-refractivity contribution in [3.63, 3.8) is 0 Å². The predicted molar refractivity (Wildman–Crippen MR) is 112 cm³/mol. The fraction of sp³-hybridized carbons (Fsp3) is 0.304. The summed E-state index contributed by atoms with van der Waals surface area (Å²) in [7, 11) is 0. The van der Waals surface area contributed by atoms with Gasteiger partial charge in [-0.15, -0.1) is 0 Å². The number of amides is 2. The Hall–Kier alpha value is -3.48. The van der Waals surface area contributed by atoms with Gasteiger partial charge in [0.25, 0.3) is 5.91 Å². The van der Waals surface area contributed by atoms with Crippen molar-refractivity contribution in [2.45, 2.75) is 38.8 Å². The van der Waals surface area contributed by atoms with Gasteiger partial charge in [0.2, 0.25) is 5.91 Å². The van der Waals surface area contributed by atoms with Crippen LogP contribution in [0.2, 0.25) is 0 Å². The van der Waals surface area contributed by atoms with Gasteiger partial charge < -0.3 is 9.64 Å². The highest BCUT2D eigenvalue weighted by Crippen LogP contribution is 2.21. The third-order valence-corrected chi connectivity index (χ3v) is 5.34. The normalized spacial score (nSPS) is 17.1. The summed E-state index contributed by atoms with van der Waals surface area (Å²) in [5, 5.41) is 5.41. The topological polar surface area (TPSA) is 79.3 Å². The van der Waals surface area contributed by atoms with Gasteiger partial charge in [-0.1, -0.05) is 42.5 Å². The Kier molecular flexibility index (Phi) is 5.61. The van der Waals surface area contributed by atoms with E-state index in [1.807, 2.05) is 24.3 Å². The summed E-state index contributed by atoms with van der Waals surface area (Å²) < 4.78 is 5.41. The molecule has 0 aliphatic carbocycles. The zero-order valence-electron chi connectivity index (χ0n) is 16.8. The zero-order valence-corrected chi connectivity index (χ0v) is 16.8. The van der Waals surface area contributed by atoms with Crippen LogP contribution in [0.25, 0.3) is 0 Å². The summed E-state index contributed by atoms with van der Waals surface area (Å²) >= 11 is 0. The summed E-state index contributed by atoms with van der Waals surface area (Å²) in [6.45, 7) is 2.67. The number of fused-ring (bicyclic) bond motifs is 1. The van der Waals surface area contributed by atoms with Gasteiger partial charge in [-0.05, 0) is 36.6 Å². The summed E-state index contributed by atoms with van der Waals surface area (Å²) in [5.74, 6) is -1.08. The number of nitrogens with zero attached hydrogens (tertiary/aromatic N) is 3. The molecule has 0 saturated heterocycles. The summed E-state index contributed by atoms with van der Waals surface area (Å²) in [5.41, 5.74) is 3.09. The van der Waals surface area contributed by atoms with Crippen LogP contribution in [0.1, 0.15) is 30.9 Å². The molecular weight excluding hydrogens is 382 g/mol. The van der Waals surface area contributed by atoms with Crippen LogP contribution in [0.3, 0.4) is 0 Å². The molecule has 2 amide bonds. The van der Waals surface area contributed by atoms with E-state index in [-0.39, 0.29) is 30.4 Å². The SMILES string of the molecule is CC(OC(=O)C1=NN(c2ccccc2)C(=O)CC1)C(=O)N1CCc2ccccc2C1. The number of carbonyl (C=O) groups excluding carboxylic acids is 3. The molecular formula is C23H23N3O4. The number of anilines is 1. The highest BCUT2D eigenvalue weighted by Gasteiger charge is 2.31. The molecule has 0 fully saturated rings. The molecule has 0 saturated carbocycles. The quantitative estimate of drug-likeness (QED) is 0.733. The molecule has 1 atom stereocenters. The minimum atomic E-state index is -0.923. The standard InChI is InChI=1S/C23H23N3O4/c1-16(22(28)25-14-13-17-7-5-6-8-18(17)15-25)30-23(29)20-11-12-21(27)26(24-20)19-9-3-2-4-10-19/h2-10,16H,11-15H2,1H3. The van der Waals surface area contributed by atoms with Crippen LogP contribution in [0.5, 0.6) is 0 Å². The number of para-hydroxylation sites is 1. The predicted octanol–water partition coefficient (Wildman–Crippen LogP) is 2.69. The van der Waals surface area contributed by atoms with E-state index in [9.17, 15) is 14.4 Å². The highest BCUT2D eigenvalue weighted by atomic mass is 16.5. The lowest BCUT2D eigenvalue weighted by Gasteiger charge is -2.31. The van der Waals surface area contributed by atoms with Crippen molar-refractivity contribution in [2.24, 2.45) is 5.10 Å². The number of rotatable bonds is 4. The molecule has 2 heterocycles. The fourth-order valence-corrected chi connectivity index (χ4v) is 3.69. The Morgan fingerprint density at radius 2 is 1.67 bits per heavy atom. The van der Waals surface area contributed by atoms with Gasteiger partial charge in [0.15, 0.2) is 6.10 Å². The first-order valence-corrected chi connectivity index (χ1v) is 10.0. The number of ether oxygens (including phenoxy) is 1. The van der Waals surface area contributed by atoms with E-state index in [1.54, 1.807) is 36.1 Å². The van der Waals surface area contributed by atoms with Gasteiger partial charge >= 0.3 is 5.97 Å². The van der Waals surface area contributed by atoms with Gasteiger partial charge in [-0.25, -0.2) is 9.80 Å². The van der Waals surface area contributed by atoms with Crippen molar-refractivity contribution < 1.29 is 19.1 Å². The molecule has 0 N–H and O–H groups in total. The van der Waals surface area contributed by atoms with Crippen LogP contribution in [0, 0.1) is 0 Å². The molecule has 2 aliphatic rings. The van der Waals surface area contributed by atoms with E-state index in [1.165, 1.54) is 10.6 Å². The first-order chi connectivity index (χ1) is 14.5. The second-order valence-electron chi connectivity index (χ2n) is 7.41. The first kappa shape index (κ1) is 19.8. The third-order valence-electron chi connectivity index (χ3n) is 5.34. The second-order valence-corrected chi connectivity index (χ2v) is 7.41. The molecule has 7 nitrogen and oxygen atoms in total. The van der Waals surface area contributed by atoms with Crippen molar-refractivity contribution in [2.75, 3.05) is 11.6 Å². The Labute approximate surface area is 174 Å². The van der Waals surface area contributed by atoms with Crippen LogP contribution >= 0.6 is 0 Å². The maximum absolute atomic E-state index is 12.8. The smallest absolute Gasteiger partial charge is 0.355 e. The lowest BCUT2D eigenvalue weighted by atomic mass is 9.99. The first-order valence-electron chi connectivity index (χ1n) is 10.0. The fourth-order valence-electron chi connectivity index (χ4n) is 3.69. The molecule has 4 rings (SSSR count). The number of hydrogen-bond donors (Lipinski definition) is 0. The van der Waals surface area contributed by atoms with Crippen LogP contribution in [-0.2, 0) is 32.1 Å². The zero-order chi connectivity index (χ0) is 21.1. The number of carbonyl (C=O) groups is 3. The average molecular weight is 405 g/mol. The lowest BCUT2D eigenvalue weighted by Crippen LogP contribution is -2.44. The van der Waals surface area contributed by atoms with Crippen molar-refractivity contribution in [3.05, 3.63) is 65.7 Å². The number of hydrazone groups is 1. The van der Waals surface area contributed by atoms with Gasteiger partial charge in [0.05, 0.1) is 5.69 Å². The molecule has 2 aromatic rings. The van der Waals surface area contributed by atoms with Gasteiger partial charge in [0, 0.05) is 25.9 Å². The Bertz CT molecular complexity index is 1000. The van der Waals surface area contributed by atoms with Crippen molar-refractivity contribution >= 4 is 29.2 Å². The molecule has 0 spiro atoms. The monoisotopic (exact) mass is 405 g/mol.